The van der Waals surface area contributed by atoms with Crippen LogP contribution in [0.3, 0.4) is 0 Å². The van der Waals surface area contributed by atoms with E-state index in [-0.39, 0.29) is 11.5 Å². The normalized spacial score (nSPS) is 14.9. The van der Waals surface area contributed by atoms with Crippen LogP contribution >= 0.6 is 0 Å². The molecule has 12 heavy (non-hydrogen) atoms. The zero-order valence-electron chi connectivity index (χ0n) is 7.95. The number of rotatable bonds is 5. The topological polar surface area (TPSA) is 41.8 Å². The molecule has 3 nitrogen and oxygen atoms in total. The highest BCUT2D eigenvalue weighted by atomic mass is 16.5. The van der Waals surface area contributed by atoms with Crippen molar-refractivity contribution < 1.29 is 9.94 Å². The summed E-state index contributed by atoms with van der Waals surface area (Å²) < 4.78 is 5.44. The average molecular weight is 171 g/mol. The van der Waals surface area contributed by atoms with Gasteiger partial charge in [-0.25, -0.2) is 0 Å². The van der Waals surface area contributed by atoms with Gasteiger partial charge in [0.25, 0.3) is 0 Å². The summed E-state index contributed by atoms with van der Waals surface area (Å²) in [5.41, 5.74) is -0.261. The molecular formula is C9H17NO2. The molecule has 70 valence electrons. The van der Waals surface area contributed by atoms with E-state index in [0.717, 1.165) is 0 Å². The van der Waals surface area contributed by atoms with Crippen LogP contribution in [-0.4, -0.2) is 23.6 Å². The van der Waals surface area contributed by atoms with Crippen LogP contribution < -0.4 is 0 Å². The van der Waals surface area contributed by atoms with Gasteiger partial charge in [0, 0.05) is 5.92 Å². The first-order valence-electron chi connectivity index (χ1n) is 3.97. The highest BCUT2D eigenvalue weighted by Gasteiger charge is 2.23. The molecule has 0 aliphatic heterocycles. The van der Waals surface area contributed by atoms with Crippen molar-refractivity contribution >= 4 is 6.21 Å². The quantitative estimate of drug-likeness (QED) is 0.298. The number of oxime groups is 1. The maximum absolute atomic E-state index is 8.13. The van der Waals surface area contributed by atoms with Gasteiger partial charge in [-0.1, -0.05) is 18.2 Å². The summed E-state index contributed by atoms with van der Waals surface area (Å²) in [6.07, 6.45) is 3.16. The van der Waals surface area contributed by atoms with E-state index < -0.39 is 0 Å². The lowest BCUT2D eigenvalue weighted by atomic mass is 9.93. The maximum Gasteiger partial charge on any atom is 0.0859 e. The van der Waals surface area contributed by atoms with E-state index >= 15 is 0 Å². The molecule has 0 rings (SSSR count). The van der Waals surface area contributed by atoms with Crippen LogP contribution in [0.1, 0.15) is 20.8 Å². The van der Waals surface area contributed by atoms with Crippen LogP contribution in [0.5, 0.6) is 0 Å². The standard InChI is InChI=1S/C9H17NO2/c1-5-8(2)9(3,4)12-7-6-10-11/h5-6,8,11H,1,7H2,2-4H3/b10-6+. The first-order chi connectivity index (χ1) is 5.54. The summed E-state index contributed by atoms with van der Waals surface area (Å²) >= 11 is 0. The Hall–Kier alpha value is -0.830. The van der Waals surface area contributed by atoms with Gasteiger partial charge in [0.05, 0.1) is 18.4 Å². The molecule has 1 N–H and O–H groups in total. The van der Waals surface area contributed by atoms with Crippen molar-refractivity contribution in [3.8, 4) is 0 Å². The number of hydrogen-bond acceptors (Lipinski definition) is 3. The second-order valence-corrected chi connectivity index (χ2v) is 3.24. The zero-order valence-corrected chi connectivity index (χ0v) is 7.95. The Morgan fingerprint density at radius 2 is 2.25 bits per heavy atom. The fourth-order valence-electron chi connectivity index (χ4n) is 0.701. The Morgan fingerprint density at radius 3 is 2.67 bits per heavy atom. The molecule has 0 aromatic rings. The minimum Gasteiger partial charge on any atom is -0.411 e. The Labute approximate surface area is 73.7 Å². The van der Waals surface area contributed by atoms with E-state index in [4.69, 9.17) is 9.94 Å². The molecule has 0 aromatic heterocycles. The van der Waals surface area contributed by atoms with Crippen LogP contribution in [0.15, 0.2) is 17.8 Å². The van der Waals surface area contributed by atoms with E-state index in [9.17, 15) is 0 Å². The molecule has 0 saturated carbocycles. The first kappa shape index (κ1) is 11.2. The third-order valence-corrected chi connectivity index (χ3v) is 2.06. The Balaban J connectivity index is 3.93. The zero-order chi connectivity index (χ0) is 9.61. The lowest BCUT2D eigenvalue weighted by molar-refractivity contribution is -0.0214. The lowest BCUT2D eigenvalue weighted by Gasteiger charge is -2.29. The monoisotopic (exact) mass is 171 g/mol. The van der Waals surface area contributed by atoms with E-state index in [1.165, 1.54) is 6.21 Å². The van der Waals surface area contributed by atoms with Gasteiger partial charge < -0.3 is 9.94 Å². The number of ether oxygens (including phenoxy) is 1. The van der Waals surface area contributed by atoms with E-state index in [1.54, 1.807) is 0 Å². The minimum atomic E-state index is -0.261. The molecule has 1 unspecified atom stereocenters. The summed E-state index contributed by atoms with van der Waals surface area (Å²) in [6, 6.07) is 0. The van der Waals surface area contributed by atoms with Crippen molar-refractivity contribution in [1.29, 1.82) is 0 Å². The SMILES string of the molecule is C=CC(C)C(C)(C)OC/C=N/O. The van der Waals surface area contributed by atoms with Crippen molar-refractivity contribution in [2.75, 3.05) is 6.61 Å². The molecule has 0 saturated heterocycles. The second kappa shape index (κ2) is 4.93. The summed E-state index contributed by atoms with van der Waals surface area (Å²) in [7, 11) is 0. The summed E-state index contributed by atoms with van der Waals surface area (Å²) in [6.45, 7) is 10.00. The maximum atomic E-state index is 8.13. The van der Waals surface area contributed by atoms with E-state index in [0.29, 0.717) is 6.61 Å². The summed E-state index contributed by atoms with van der Waals surface area (Å²) in [4.78, 5) is 0. The van der Waals surface area contributed by atoms with Gasteiger partial charge in [0.15, 0.2) is 0 Å². The first-order valence-corrected chi connectivity index (χ1v) is 3.97. The third kappa shape index (κ3) is 3.53. The Bertz CT molecular complexity index is 164. The van der Waals surface area contributed by atoms with Crippen molar-refractivity contribution in [1.82, 2.24) is 0 Å². The molecule has 0 spiro atoms. The fourth-order valence-corrected chi connectivity index (χ4v) is 0.701. The van der Waals surface area contributed by atoms with Crippen LogP contribution in [0.2, 0.25) is 0 Å². The lowest BCUT2D eigenvalue weighted by Crippen LogP contribution is -2.32. The van der Waals surface area contributed by atoms with Gasteiger partial charge in [-0.2, -0.15) is 0 Å². The van der Waals surface area contributed by atoms with Gasteiger partial charge in [0.1, 0.15) is 0 Å². The van der Waals surface area contributed by atoms with Gasteiger partial charge in [-0.15, -0.1) is 6.58 Å². The largest absolute Gasteiger partial charge is 0.411 e. The molecule has 0 radical (unpaired) electrons. The molecule has 0 aliphatic carbocycles. The molecule has 0 bridgehead atoms. The molecule has 0 aliphatic rings. The van der Waals surface area contributed by atoms with Crippen LogP contribution in [0.4, 0.5) is 0 Å². The van der Waals surface area contributed by atoms with Crippen LogP contribution in [0.25, 0.3) is 0 Å². The highest BCUT2D eigenvalue weighted by molar-refractivity contribution is 5.57. The molecular weight excluding hydrogens is 154 g/mol. The molecule has 0 amide bonds. The number of nitrogens with zero attached hydrogens (tertiary/aromatic N) is 1. The van der Waals surface area contributed by atoms with E-state index in [2.05, 4.69) is 11.7 Å². The molecule has 1 atom stereocenters. The molecule has 0 fully saturated rings. The van der Waals surface area contributed by atoms with Gasteiger partial charge in [-0.05, 0) is 13.8 Å². The van der Waals surface area contributed by atoms with Crippen LogP contribution in [0, 0.1) is 5.92 Å². The predicted octanol–water partition coefficient (Wildman–Crippen LogP) is 2.06. The van der Waals surface area contributed by atoms with Gasteiger partial charge >= 0.3 is 0 Å². The molecule has 0 aromatic carbocycles. The highest BCUT2D eigenvalue weighted by Crippen LogP contribution is 2.21. The van der Waals surface area contributed by atoms with Crippen molar-refractivity contribution in [2.24, 2.45) is 11.1 Å². The molecule has 3 heteroatoms. The van der Waals surface area contributed by atoms with Crippen molar-refractivity contribution in [2.45, 2.75) is 26.4 Å². The average Bonchev–Trinajstić information content (AvgIpc) is 2.03. The van der Waals surface area contributed by atoms with Crippen LogP contribution in [-0.2, 0) is 4.74 Å². The second-order valence-electron chi connectivity index (χ2n) is 3.24. The Morgan fingerprint density at radius 1 is 1.67 bits per heavy atom. The molecule has 0 heterocycles. The minimum absolute atomic E-state index is 0.261. The van der Waals surface area contributed by atoms with Gasteiger partial charge in [-0.3, -0.25) is 0 Å². The number of hydrogen-bond donors (Lipinski definition) is 1. The third-order valence-electron chi connectivity index (χ3n) is 2.06. The van der Waals surface area contributed by atoms with Crippen molar-refractivity contribution in [3.05, 3.63) is 12.7 Å². The smallest absolute Gasteiger partial charge is 0.0859 e. The van der Waals surface area contributed by atoms with Gasteiger partial charge in [0.2, 0.25) is 0 Å². The summed E-state index contributed by atoms with van der Waals surface area (Å²) in [5.74, 6) is 0.268. The van der Waals surface area contributed by atoms with E-state index in [1.807, 2.05) is 26.8 Å². The predicted molar refractivity (Wildman–Crippen MR) is 49.7 cm³/mol. The summed E-state index contributed by atoms with van der Waals surface area (Å²) in [5, 5.41) is 11.0. The Kier molecular flexibility index (Phi) is 4.59. The fraction of sp³-hybridized carbons (Fsp3) is 0.667. The van der Waals surface area contributed by atoms with Crippen molar-refractivity contribution in [3.63, 3.8) is 0 Å².